The largest absolute Gasteiger partial charge is 0.375 e. The van der Waals surface area contributed by atoms with Gasteiger partial charge in [0.1, 0.15) is 5.78 Å². The van der Waals surface area contributed by atoms with E-state index in [1.54, 1.807) is 0 Å². The van der Waals surface area contributed by atoms with Gasteiger partial charge in [0.05, 0.1) is 24.4 Å². The molecular weight excluding hydrogens is 508 g/mol. The Kier molecular flexibility index (Phi) is 10.5. The Bertz CT molecular complexity index is 819. The maximum Gasteiger partial charge on any atom is 0.132 e. The molecule has 6 aliphatic rings. The average Bonchev–Trinajstić information content (AvgIpc) is 2.99. The molecule has 0 aromatic heterocycles. The topological polar surface area (TPSA) is 59.6 Å². The average molecular weight is 571 g/mol. The van der Waals surface area contributed by atoms with Crippen LogP contribution >= 0.6 is 0 Å². The van der Waals surface area contributed by atoms with Crippen molar-refractivity contribution >= 4 is 5.78 Å². The number of hydrogen-bond donors (Lipinski definition) is 2. The Balaban J connectivity index is 1.05. The number of ether oxygens (including phenoxy) is 2. The Morgan fingerprint density at radius 2 is 0.902 bits per heavy atom. The number of carbonyl (C=O) groups is 1. The van der Waals surface area contributed by atoms with Crippen molar-refractivity contribution < 1.29 is 14.3 Å². The predicted molar refractivity (Wildman–Crippen MR) is 166 cm³/mol. The van der Waals surface area contributed by atoms with E-state index in [4.69, 9.17) is 9.47 Å². The van der Waals surface area contributed by atoms with Crippen LogP contribution in [-0.4, -0.2) is 54.4 Å². The van der Waals surface area contributed by atoms with E-state index in [2.05, 4.69) is 24.5 Å². The van der Waals surface area contributed by atoms with Crippen molar-refractivity contribution in [2.45, 2.75) is 191 Å². The number of piperazine rings is 1. The first kappa shape index (κ1) is 30.5. The van der Waals surface area contributed by atoms with Gasteiger partial charge >= 0.3 is 0 Å². The first-order chi connectivity index (χ1) is 19.9. The SMILES string of the molecule is CC(=O)C1CCC2NC(C3CCC(OC4CCC(C)CC4)CC3)C(C3CCC(OC4CCC(C)CC4)CC3)NC2C1. The molecule has 5 aliphatic carbocycles. The van der Waals surface area contributed by atoms with Crippen molar-refractivity contribution in [2.24, 2.45) is 29.6 Å². The van der Waals surface area contributed by atoms with Crippen LogP contribution in [0.2, 0.25) is 0 Å². The van der Waals surface area contributed by atoms with Crippen molar-refractivity contribution in [3.8, 4) is 0 Å². The van der Waals surface area contributed by atoms with Gasteiger partial charge in [-0.1, -0.05) is 13.8 Å². The molecule has 5 saturated carbocycles. The second kappa shape index (κ2) is 14.1. The van der Waals surface area contributed by atoms with Crippen molar-refractivity contribution in [1.29, 1.82) is 0 Å². The van der Waals surface area contributed by atoms with Crippen LogP contribution in [0.25, 0.3) is 0 Å². The minimum atomic E-state index is 0.250. The Morgan fingerprint density at radius 1 is 0.512 bits per heavy atom. The van der Waals surface area contributed by atoms with E-state index >= 15 is 0 Å². The van der Waals surface area contributed by atoms with Gasteiger partial charge in [-0.15, -0.1) is 0 Å². The number of carbonyl (C=O) groups excluding carboxylic acids is 1. The fourth-order valence-electron chi connectivity index (χ4n) is 9.93. The van der Waals surface area contributed by atoms with Crippen LogP contribution < -0.4 is 10.6 Å². The van der Waals surface area contributed by atoms with Crippen molar-refractivity contribution in [3.05, 3.63) is 0 Å². The summed E-state index contributed by atoms with van der Waals surface area (Å²) in [6, 6.07) is 2.06. The normalized spacial score (nSPS) is 47.8. The number of rotatable bonds is 7. The summed E-state index contributed by atoms with van der Waals surface area (Å²) >= 11 is 0. The van der Waals surface area contributed by atoms with E-state index in [0.717, 1.165) is 42.9 Å². The van der Waals surface area contributed by atoms with Gasteiger partial charge in [-0.3, -0.25) is 4.79 Å². The van der Waals surface area contributed by atoms with Gasteiger partial charge in [-0.2, -0.15) is 0 Å². The number of nitrogens with one attached hydrogen (secondary N) is 2. The Hall–Kier alpha value is -0.490. The quantitative estimate of drug-likeness (QED) is 0.335. The molecule has 6 fully saturated rings. The van der Waals surface area contributed by atoms with E-state index in [0.29, 0.717) is 54.4 Å². The zero-order valence-corrected chi connectivity index (χ0v) is 26.7. The van der Waals surface area contributed by atoms with Gasteiger partial charge in [-0.05, 0) is 153 Å². The fraction of sp³-hybridized carbons (Fsp3) is 0.972. The van der Waals surface area contributed by atoms with Gasteiger partial charge < -0.3 is 20.1 Å². The lowest BCUT2D eigenvalue weighted by atomic mass is 9.69. The third-order valence-corrected chi connectivity index (χ3v) is 12.8. The number of ketones is 1. The van der Waals surface area contributed by atoms with Gasteiger partial charge in [0.2, 0.25) is 0 Å². The maximum atomic E-state index is 12.3. The van der Waals surface area contributed by atoms with Crippen LogP contribution in [0.3, 0.4) is 0 Å². The van der Waals surface area contributed by atoms with Gasteiger partial charge in [0, 0.05) is 30.1 Å². The number of hydrogen-bond acceptors (Lipinski definition) is 5. The van der Waals surface area contributed by atoms with Gasteiger partial charge in [0.25, 0.3) is 0 Å². The van der Waals surface area contributed by atoms with E-state index < -0.39 is 0 Å². The van der Waals surface area contributed by atoms with E-state index in [9.17, 15) is 4.79 Å². The zero-order valence-electron chi connectivity index (χ0n) is 26.7. The highest BCUT2D eigenvalue weighted by molar-refractivity contribution is 5.78. The summed E-state index contributed by atoms with van der Waals surface area (Å²) in [6.07, 6.45) is 25.8. The maximum absolute atomic E-state index is 12.3. The second-order valence-corrected chi connectivity index (χ2v) is 15.8. The minimum absolute atomic E-state index is 0.250. The lowest BCUT2D eigenvalue weighted by molar-refractivity contribution is -0.122. The third-order valence-electron chi connectivity index (χ3n) is 12.8. The van der Waals surface area contributed by atoms with Crippen LogP contribution in [-0.2, 0) is 14.3 Å². The highest BCUT2D eigenvalue weighted by atomic mass is 16.5. The molecule has 2 N–H and O–H groups in total. The summed E-state index contributed by atoms with van der Waals surface area (Å²) in [5.74, 6) is 3.87. The predicted octanol–water partition coefficient (Wildman–Crippen LogP) is 7.35. The Morgan fingerprint density at radius 3 is 1.32 bits per heavy atom. The molecule has 1 saturated heterocycles. The van der Waals surface area contributed by atoms with Crippen molar-refractivity contribution in [1.82, 2.24) is 10.6 Å². The smallest absolute Gasteiger partial charge is 0.132 e. The molecule has 5 heteroatoms. The summed E-state index contributed by atoms with van der Waals surface area (Å²) in [7, 11) is 0. The molecule has 0 spiro atoms. The van der Waals surface area contributed by atoms with Gasteiger partial charge in [-0.25, -0.2) is 0 Å². The highest BCUT2D eigenvalue weighted by Crippen LogP contribution is 2.41. The van der Waals surface area contributed by atoms with Crippen molar-refractivity contribution in [2.75, 3.05) is 0 Å². The lowest BCUT2D eigenvalue weighted by Crippen LogP contribution is -2.71. The molecule has 0 aromatic rings. The summed E-state index contributed by atoms with van der Waals surface area (Å²) in [5, 5.41) is 8.52. The van der Waals surface area contributed by atoms with Crippen LogP contribution in [0, 0.1) is 29.6 Å². The van der Waals surface area contributed by atoms with E-state index in [-0.39, 0.29) is 5.92 Å². The third kappa shape index (κ3) is 7.78. The molecule has 234 valence electrons. The standard InChI is InChI=1S/C36H62N2O3/c1-23-4-13-29(14-5-23)40-31-17-8-26(9-18-31)35-36(38-34-22-28(25(3)39)12-21-33(34)37-35)27-10-19-32(20-11-27)41-30-15-6-24(2)7-16-30/h23-24,26-38H,4-22H2,1-3H3. The first-order valence-corrected chi connectivity index (χ1v) is 18.2. The Labute approximate surface area is 251 Å². The van der Waals surface area contributed by atoms with Crippen LogP contribution in [0.4, 0.5) is 0 Å². The molecule has 41 heavy (non-hydrogen) atoms. The van der Waals surface area contributed by atoms with Crippen LogP contribution in [0.5, 0.6) is 0 Å². The number of Topliss-reactive ketones (excluding diaryl/α,β-unsaturated/α-hetero) is 1. The lowest BCUT2D eigenvalue weighted by Gasteiger charge is -2.53. The molecule has 0 radical (unpaired) electrons. The van der Waals surface area contributed by atoms with Crippen LogP contribution in [0.15, 0.2) is 0 Å². The molecule has 5 nitrogen and oxygen atoms in total. The molecule has 6 rings (SSSR count). The summed E-state index contributed by atoms with van der Waals surface area (Å²) in [6.45, 7) is 6.61. The van der Waals surface area contributed by atoms with Gasteiger partial charge in [0.15, 0.2) is 0 Å². The number of fused-ring (bicyclic) bond motifs is 1. The molecular formula is C36H62N2O3. The summed E-state index contributed by atoms with van der Waals surface area (Å²) in [4.78, 5) is 12.3. The van der Waals surface area contributed by atoms with E-state index in [1.165, 1.54) is 103 Å². The zero-order chi connectivity index (χ0) is 28.3. The molecule has 0 aromatic carbocycles. The minimum Gasteiger partial charge on any atom is -0.375 e. The molecule has 5 unspecified atom stereocenters. The molecule has 0 bridgehead atoms. The molecule has 5 atom stereocenters. The van der Waals surface area contributed by atoms with Crippen molar-refractivity contribution in [3.63, 3.8) is 0 Å². The summed E-state index contributed by atoms with van der Waals surface area (Å²) in [5.41, 5.74) is 0. The second-order valence-electron chi connectivity index (χ2n) is 15.8. The molecule has 1 heterocycles. The fourth-order valence-corrected chi connectivity index (χ4v) is 9.93. The molecule has 1 aliphatic heterocycles. The van der Waals surface area contributed by atoms with E-state index in [1.807, 2.05) is 6.92 Å². The molecule has 0 amide bonds. The monoisotopic (exact) mass is 570 g/mol. The first-order valence-electron chi connectivity index (χ1n) is 18.2. The van der Waals surface area contributed by atoms with Crippen LogP contribution in [0.1, 0.15) is 143 Å². The summed E-state index contributed by atoms with van der Waals surface area (Å²) < 4.78 is 13.4. The highest BCUT2D eigenvalue weighted by Gasteiger charge is 2.46.